The third-order valence-electron chi connectivity index (χ3n) is 3.09. The van der Waals surface area contributed by atoms with Crippen LogP contribution in [0.2, 0.25) is 0 Å². The molecule has 2 rings (SSSR count). The highest BCUT2D eigenvalue weighted by molar-refractivity contribution is 5.79. The monoisotopic (exact) mass is 239 g/mol. The molecule has 2 N–H and O–H groups in total. The summed E-state index contributed by atoms with van der Waals surface area (Å²) >= 11 is 0. The molecule has 6 nitrogen and oxygen atoms in total. The summed E-state index contributed by atoms with van der Waals surface area (Å²) in [6, 6.07) is 1.40. The lowest BCUT2D eigenvalue weighted by Crippen LogP contribution is -2.35. The first kappa shape index (κ1) is 12.1. The van der Waals surface area contributed by atoms with Crippen LogP contribution in [0.3, 0.4) is 0 Å². The molecule has 0 spiro atoms. The molecule has 17 heavy (non-hydrogen) atoms. The molecule has 0 radical (unpaired) electrons. The average Bonchev–Trinajstić information content (AvgIpc) is 2.71. The van der Waals surface area contributed by atoms with E-state index in [4.69, 9.17) is 10.3 Å². The Bertz CT molecular complexity index is 467. The quantitative estimate of drug-likeness (QED) is 0.764. The van der Waals surface area contributed by atoms with Gasteiger partial charge in [-0.15, -0.1) is 4.74 Å². The number of hydrogen-bond donors (Lipinski definition) is 1. The third kappa shape index (κ3) is 2.48. The smallest absolute Gasteiger partial charge is 0.290 e. The van der Waals surface area contributed by atoms with Crippen molar-refractivity contribution in [2.45, 2.75) is 19.9 Å². The van der Waals surface area contributed by atoms with E-state index >= 15 is 0 Å². The molecule has 1 fully saturated rings. The maximum atomic E-state index is 11.8. The molecule has 1 aliphatic heterocycles. The van der Waals surface area contributed by atoms with Crippen LogP contribution in [0.25, 0.3) is 0 Å². The van der Waals surface area contributed by atoms with Crippen molar-refractivity contribution in [3.05, 3.63) is 22.2 Å². The number of rotatable bonds is 2. The molecule has 1 saturated heterocycles. The molecule has 0 aliphatic carbocycles. The van der Waals surface area contributed by atoms with Crippen LogP contribution in [0.15, 0.2) is 15.4 Å². The Kier molecular flexibility index (Phi) is 3.17. The van der Waals surface area contributed by atoms with Crippen LogP contribution >= 0.6 is 0 Å². The van der Waals surface area contributed by atoms with E-state index in [0.717, 1.165) is 11.3 Å². The predicted octanol–water partition coefficient (Wildman–Crippen LogP) is -0.331. The second-order valence-corrected chi connectivity index (χ2v) is 4.71. The first-order valence-electron chi connectivity index (χ1n) is 5.68. The van der Waals surface area contributed by atoms with Crippen molar-refractivity contribution in [3.63, 3.8) is 0 Å². The Labute approximate surface area is 98.9 Å². The van der Waals surface area contributed by atoms with Crippen LogP contribution in [0.1, 0.15) is 17.5 Å². The summed E-state index contributed by atoms with van der Waals surface area (Å²) in [4.78, 5) is 25.2. The summed E-state index contributed by atoms with van der Waals surface area (Å²) in [6.07, 6.45) is 0. The second-order valence-electron chi connectivity index (χ2n) is 4.71. The van der Waals surface area contributed by atoms with Gasteiger partial charge in [-0.2, -0.15) is 0 Å². The largest absolute Gasteiger partial charge is 0.373 e. The van der Waals surface area contributed by atoms with E-state index in [1.54, 1.807) is 6.92 Å². The van der Waals surface area contributed by atoms with Gasteiger partial charge in [0.05, 0.1) is 6.54 Å². The average molecular weight is 239 g/mol. The van der Waals surface area contributed by atoms with Gasteiger partial charge in [-0.3, -0.25) is 14.5 Å². The number of carbonyl (C=O) groups is 1. The zero-order valence-corrected chi connectivity index (χ0v) is 10.0. The van der Waals surface area contributed by atoms with Crippen LogP contribution in [0.4, 0.5) is 0 Å². The van der Waals surface area contributed by atoms with Gasteiger partial charge in [0.15, 0.2) is 0 Å². The fourth-order valence-electron chi connectivity index (χ4n) is 2.10. The highest BCUT2D eigenvalue weighted by Gasteiger charge is 2.28. The summed E-state index contributed by atoms with van der Waals surface area (Å²) < 4.78 is 5.85. The zero-order chi connectivity index (χ0) is 12.6. The van der Waals surface area contributed by atoms with Crippen LogP contribution < -0.4 is 11.3 Å². The fraction of sp³-hybridized carbons (Fsp3) is 0.636. The molecule has 6 heteroatoms. The fourth-order valence-corrected chi connectivity index (χ4v) is 2.10. The van der Waals surface area contributed by atoms with E-state index in [2.05, 4.69) is 6.92 Å². The van der Waals surface area contributed by atoms with Gasteiger partial charge in [0, 0.05) is 25.2 Å². The van der Waals surface area contributed by atoms with Crippen LogP contribution in [0.5, 0.6) is 0 Å². The van der Waals surface area contributed by atoms with Gasteiger partial charge in [-0.25, -0.2) is 0 Å². The van der Waals surface area contributed by atoms with Crippen LogP contribution in [-0.2, 0) is 0 Å². The number of carbonyl (C=O) groups excluding carboxylic acids is 1. The SMILES string of the molecule is Cc1cc(=O)n(C(=O)CN2CC(C)C(N)C2)o1. The molecular weight excluding hydrogens is 222 g/mol. The number of nitrogens with zero attached hydrogens (tertiary/aromatic N) is 2. The topological polar surface area (TPSA) is 81.5 Å². The van der Waals surface area contributed by atoms with Gasteiger partial charge < -0.3 is 10.3 Å². The van der Waals surface area contributed by atoms with E-state index in [9.17, 15) is 9.59 Å². The van der Waals surface area contributed by atoms with Gasteiger partial charge in [0.25, 0.3) is 11.5 Å². The molecule has 0 bridgehead atoms. The number of likely N-dealkylation sites (tertiary alicyclic amines) is 1. The first-order valence-corrected chi connectivity index (χ1v) is 5.68. The van der Waals surface area contributed by atoms with E-state index in [1.165, 1.54) is 6.07 Å². The molecular formula is C11H17N3O3. The van der Waals surface area contributed by atoms with Gasteiger partial charge >= 0.3 is 0 Å². The zero-order valence-electron chi connectivity index (χ0n) is 10.0. The van der Waals surface area contributed by atoms with Crippen molar-refractivity contribution < 1.29 is 9.32 Å². The lowest BCUT2D eigenvalue weighted by Gasteiger charge is -2.12. The first-order chi connectivity index (χ1) is 7.97. The highest BCUT2D eigenvalue weighted by Crippen LogP contribution is 2.13. The molecule has 0 aromatic carbocycles. The van der Waals surface area contributed by atoms with Crippen LogP contribution in [-0.4, -0.2) is 41.2 Å². The Hall–Kier alpha value is -1.40. The minimum Gasteiger partial charge on any atom is -0.373 e. The normalized spacial score (nSPS) is 25.4. The molecule has 2 unspecified atom stereocenters. The number of hydrogen-bond acceptors (Lipinski definition) is 5. The molecule has 1 aromatic rings. The Balaban J connectivity index is 2.03. The van der Waals surface area contributed by atoms with Crippen molar-refractivity contribution in [1.29, 1.82) is 0 Å². The summed E-state index contributed by atoms with van der Waals surface area (Å²) in [5.41, 5.74) is 5.46. The van der Waals surface area contributed by atoms with Crippen molar-refractivity contribution in [3.8, 4) is 0 Å². The van der Waals surface area contributed by atoms with Gasteiger partial charge in [0.1, 0.15) is 5.76 Å². The van der Waals surface area contributed by atoms with E-state index < -0.39 is 5.56 Å². The van der Waals surface area contributed by atoms with Gasteiger partial charge in [-0.1, -0.05) is 6.92 Å². The second kappa shape index (κ2) is 4.46. The summed E-state index contributed by atoms with van der Waals surface area (Å²) in [6.45, 7) is 5.32. The minimum atomic E-state index is -0.413. The molecule has 2 atom stereocenters. The number of aryl methyl sites for hydroxylation is 1. The molecule has 1 aromatic heterocycles. The third-order valence-corrected chi connectivity index (χ3v) is 3.09. The van der Waals surface area contributed by atoms with Crippen molar-refractivity contribution in [2.75, 3.05) is 19.6 Å². The Morgan fingerprint density at radius 1 is 1.59 bits per heavy atom. The maximum Gasteiger partial charge on any atom is 0.290 e. The summed E-state index contributed by atoms with van der Waals surface area (Å²) in [5, 5.41) is 0. The van der Waals surface area contributed by atoms with Crippen molar-refractivity contribution in [1.82, 2.24) is 9.64 Å². The Morgan fingerprint density at radius 2 is 2.29 bits per heavy atom. The van der Waals surface area contributed by atoms with E-state index in [1.807, 2.05) is 4.90 Å². The standard InChI is InChI=1S/C11H17N3O3/c1-7-4-13(5-9(7)12)6-11(16)14-10(15)3-8(2)17-14/h3,7,9H,4-6,12H2,1-2H3. The minimum absolute atomic E-state index is 0.0952. The van der Waals surface area contributed by atoms with Crippen molar-refractivity contribution in [2.24, 2.45) is 11.7 Å². The molecule has 0 saturated carbocycles. The molecule has 0 amide bonds. The number of nitrogens with two attached hydrogens (primary N) is 1. The van der Waals surface area contributed by atoms with Gasteiger partial charge in [0.2, 0.25) is 0 Å². The summed E-state index contributed by atoms with van der Waals surface area (Å²) in [5.74, 6) is 0.470. The maximum absolute atomic E-state index is 11.8. The number of aromatic nitrogens is 1. The molecule has 94 valence electrons. The van der Waals surface area contributed by atoms with E-state index in [0.29, 0.717) is 18.2 Å². The van der Waals surface area contributed by atoms with Gasteiger partial charge in [-0.05, 0) is 12.8 Å². The molecule has 1 aliphatic rings. The lowest BCUT2D eigenvalue weighted by molar-refractivity contribution is 0.0727. The van der Waals surface area contributed by atoms with Crippen LogP contribution in [0, 0.1) is 12.8 Å². The van der Waals surface area contributed by atoms with E-state index in [-0.39, 0.29) is 18.5 Å². The lowest BCUT2D eigenvalue weighted by atomic mass is 10.1. The Morgan fingerprint density at radius 3 is 2.76 bits per heavy atom. The van der Waals surface area contributed by atoms with Crippen molar-refractivity contribution >= 4 is 5.91 Å². The summed E-state index contributed by atoms with van der Waals surface area (Å²) in [7, 11) is 0. The highest BCUT2D eigenvalue weighted by atomic mass is 16.5. The predicted molar refractivity (Wildman–Crippen MR) is 61.9 cm³/mol. The molecule has 2 heterocycles.